The van der Waals surface area contributed by atoms with Gasteiger partial charge in [0.05, 0.1) is 0 Å². The Morgan fingerprint density at radius 1 is 0.268 bits per heavy atom. The fourth-order valence-electron chi connectivity index (χ4n) is 6.22. The van der Waals surface area contributed by atoms with Crippen LogP contribution in [0.3, 0.4) is 0 Å². The van der Waals surface area contributed by atoms with E-state index in [0.29, 0.717) is 0 Å². The highest BCUT2D eigenvalue weighted by Gasteiger charge is 2.13. The van der Waals surface area contributed by atoms with E-state index in [1.807, 2.05) is 0 Å². The van der Waals surface area contributed by atoms with Crippen molar-refractivity contribution in [3.63, 3.8) is 0 Å². The Labute approximate surface area is 239 Å². The van der Waals surface area contributed by atoms with Gasteiger partial charge in [0.15, 0.2) is 0 Å². The van der Waals surface area contributed by atoms with Crippen LogP contribution in [0, 0.1) is 0 Å². The summed E-state index contributed by atoms with van der Waals surface area (Å²) < 4.78 is 0. The number of para-hydroxylation sites is 2. The molecule has 8 aromatic carbocycles. The van der Waals surface area contributed by atoms with Gasteiger partial charge >= 0.3 is 0 Å². The zero-order valence-electron chi connectivity index (χ0n) is 22.5. The molecular formula is C40H27N. The topological polar surface area (TPSA) is 3.24 Å². The second-order valence-electron chi connectivity index (χ2n) is 10.6. The van der Waals surface area contributed by atoms with Gasteiger partial charge in [-0.05, 0) is 96.7 Å². The van der Waals surface area contributed by atoms with Crippen molar-refractivity contribution in [2.75, 3.05) is 4.90 Å². The molecule has 8 rings (SSSR count). The third-order valence-electron chi connectivity index (χ3n) is 8.23. The van der Waals surface area contributed by atoms with Gasteiger partial charge in [0.25, 0.3) is 0 Å². The summed E-state index contributed by atoms with van der Waals surface area (Å²) in [6, 6.07) is 59.2. The first-order valence-electron chi connectivity index (χ1n) is 14.1. The van der Waals surface area contributed by atoms with Crippen molar-refractivity contribution in [2.45, 2.75) is 0 Å². The van der Waals surface area contributed by atoms with Gasteiger partial charge in [-0.1, -0.05) is 121 Å². The third-order valence-corrected chi connectivity index (χ3v) is 8.23. The first kappa shape index (κ1) is 23.5. The summed E-state index contributed by atoms with van der Waals surface area (Å²) in [5.74, 6) is 0. The maximum Gasteiger partial charge on any atom is 0.0462 e. The lowest BCUT2D eigenvalue weighted by atomic mass is 9.93. The Morgan fingerprint density at radius 2 is 0.707 bits per heavy atom. The van der Waals surface area contributed by atoms with Gasteiger partial charge in [0.1, 0.15) is 0 Å². The van der Waals surface area contributed by atoms with E-state index in [0.717, 1.165) is 17.1 Å². The number of rotatable bonds is 4. The Kier molecular flexibility index (Phi) is 5.53. The highest BCUT2D eigenvalue weighted by atomic mass is 15.1. The van der Waals surface area contributed by atoms with Gasteiger partial charge in [-0.25, -0.2) is 0 Å². The van der Waals surface area contributed by atoms with E-state index in [4.69, 9.17) is 0 Å². The number of nitrogens with zero attached hydrogens (tertiary/aromatic N) is 1. The number of fused-ring (bicyclic) bond motifs is 7. The predicted molar refractivity (Wildman–Crippen MR) is 177 cm³/mol. The van der Waals surface area contributed by atoms with E-state index in [1.54, 1.807) is 0 Å². The molecule has 0 N–H and O–H groups in total. The third kappa shape index (κ3) is 4.02. The number of anilines is 3. The SMILES string of the molecule is c1ccc(N(c2ccccc2)c2ccc(-c3ccc4ccc5c(ccc6c7ccccc7ccc65)c4c3)cc2)cc1. The molecule has 0 heterocycles. The minimum Gasteiger partial charge on any atom is -0.311 e. The van der Waals surface area contributed by atoms with Crippen LogP contribution in [0.5, 0.6) is 0 Å². The van der Waals surface area contributed by atoms with Gasteiger partial charge in [0, 0.05) is 17.1 Å². The maximum absolute atomic E-state index is 2.35. The van der Waals surface area contributed by atoms with Crippen LogP contribution < -0.4 is 4.90 Å². The molecule has 41 heavy (non-hydrogen) atoms. The van der Waals surface area contributed by atoms with Crippen LogP contribution in [0.25, 0.3) is 54.2 Å². The molecule has 8 aromatic rings. The minimum atomic E-state index is 1.14. The molecule has 0 aliphatic carbocycles. The monoisotopic (exact) mass is 521 g/mol. The number of benzene rings is 8. The summed E-state index contributed by atoms with van der Waals surface area (Å²) in [6.45, 7) is 0. The number of hydrogen-bond acceptors (Lipinski definition) is 1. The van der Waals surface area contributed by atoms with Crippen LogP contribution in [0.4, 0.5) is 17.1 Å². The fourth-order valence-corrected chi connectivity index (χ4v) is 6.22. The Hall–Kier alpha value is -5.40. The second-order valence-corrected chi connectivity index (χ2v) is 10.6. The largest absolute Gasteiger partial charge is 0.311 e. The van der Waals surface area contributed by atoms with Crippen LogP contribution >= 0.6 is 0 Å². The summed E-state index contributed by atoms with van der Waals surface area (Å²) in [6.07, 6.45) is 0. The molecule has 192 valence electrons. The standard InChI is InChI=1S/C40H27N/c1-3-10-32(11-4-1)41(33-12-5-2-6-13-33)34-21-17-28(18-22-34)31-16-15-30-20-24-38-37-23-19-29-9-7-8-14-35(29)36(37)25-26-39(38)40(30)27-31/h1-27H. The van der Waals surface area contributed by atoms with Gasteiger partial charge < -0.3 is 4.90 Å². The molecule has 1 nitrogen and oxygen atoms in total. The van der Waals surface area contributed by atoms with Gasteiger partial charge in [0.2, 0.25) is 0 Å². The summed E-state index contributed by atoms with van der Waals surface area (Å²) in [5.41, 5.74) is 5.85. The molecule has 1 heteroatoms. The van der Waals surface area contributed by atoms with Crippen molar-refractivity contribution in [3.8, 4) is 11.1 Å². The summed E-state index contributed by atoms with van der Waals surface area (Å²) in [5, 5.41) is 10.3. The fraction of sp³-hybridized carbons (Fsp3) is 0. The van der Waals surface area contributed by atoms with Crippen LogP contribution in [-0.2, 0) is 0 Å². The summed E-state index contributed by atoms with van der Waals surface area (Å²) in [7, 11) is 0. The molecule has 0 aliphatic rings. The van der Waals surface area contributed by atoms with E-state index in [-0.39, 0.29) is 0 Å². The average molecular weight is 522 g/mol. The Morgan fingerprint density at radius 3 is 1.37 bits per heavy atom. The molecule has 0 bridgehead atoms. The molecule has 0 unspecified atom stereocenters. The Balaban J connectivity index is 1.23. The second kappa shape index (κ2) is 9.66. The van der Waals surface area contributed by atoms with Crippen LogP contribution in [0.2, 0.25) is 0 Å². The quantitative estimate of drug-likeness (QED) is 0.208. The molecule has 0 spiro atoms. The zero-order chi connectivity index (χ0) is 27.2. The predicted octanol–water partition coefficient (Wildman–Crippen LogP) is 11.4. The normalized spacial score (nSPS) is 11.4. The van der Waals surface area contributed by atoms with Crippen molar-refractivity contribution in [1.29, 1.82) is 0 Å². The van der Waals surface area contributed by atoms with Crippen molar-refractivity contribution in [1.82, 2.24) is 0 Å². The number of hydrogen-bond donors (Lipinski definition) is 0. The van der Waals surface area contributed by atoms with Gasteiger partial charge in [-0.3, -0.25) is 0 Å². The van der Waals surface area contributed by atoms with Crippen molar-refractivity contribution < 1.29 is 0 Å². The molecule has 0 saturated heterocycles. The van der Waals surface area contributed by atoms with E-state index >= 15 is 0 Å². The molecule has 0 amide bonds. The molecule has 0 atom stereocenters. The van der Waals surface area contributed by atoms with E-state index in [2.05, 4.69) is 169 Å². The van der Waals surface area contributed by atoms with E-state index in [1.165, 1.54) is 54.2 Å². The van der Waals surface area contributed by atoms with Crippen molar-refractivity contribution in [2.24, 2.45) is 0 Å². The molecule has 0 fully saturated rings. The molecule has 0 aliphatic heterocycles. The first-order chi connectivity index (χ1) is 20.3. The molecule has 0 saturated carbocycles. The van der Waals surface area contributed by atoms with Crippen molar-refractivity contribution in [3.05, 3.63) is 164 Å². The zero-order valence-corrected chi connectivity index (χ0v) is 22.5. The highest BCUT2D eigenvalue weighted by Crippen LogP contribution is 2.38. The maximum atomic E-state index is 2.35. The molecule has 0 aromatic heterocycles. The van der Waals surface area contributed by atoms with E-state index < -0.39 is 0 Å². The lowest BCUT2D eigenvalue weighted by Crippen LogP contribution is -2.09. The van der Waals surface area contributed by atoms with Crippen LogP contribution in [-0.4, -0.2) is 0 Å². The Bertz CT molecular complexity index is 2140. The van der Waals surface area contributed by atoms with E-state index in [9.17, 15) is 0 Å². The smallest absolute Gasteiger partial charge is 0.0462 e. The van der Waals surface area contributed by atoms with Crippen LogP contribution in [0.15, 0.2) is 164 Å². The summed E-state index contributed by atoms with van der Waals surface area (Å²) in [4.78, 5) is 2.30. The minimum absolute atomic E-state index is 1.14. The lowest BCUT2D eigenvalue weighted by molar-refractivity contribution is 1.28. The average Bonchev–Trinajstić information content (AvgIpc) is 3.05. The lowest BCUT2D eigenvalue weighted by Gasteiger charge is -2.25. The van der Waals surface area contributed by atoms with Crippen molar-refractivity contribution >= 4 is 60.2 Å². The molecular weight excluding hydrogens is 494 g/mol. The first-order valence-corrected chi connectivity index (χ1v) is 14.1. The molecule has 0 radical (unpaired) electrons. The van der Waals surface area contributed by atoms with Crippen LogP contribution in [0.1, 0.15) is 0 Å². The highest BCUT2D eigenvalue weighted by molar-refractivity contribution is 6.22. The van der Waals surface area contributed by atoms with Gasteiger partial charge in [-0.2, -0.15) is 0 Å². The summed E-state index contributed by atoms with van der Waals surface area (Å²) >= 11 is 0. The van der Waals surface area contributed by atoms with Gasteiger partial charge in [-0.15, -0.1) is 0 Å².